The first kappa shape index (κ1) is 12.4. The molecule has 3 atom stereocenters. The number of hydrogen-bond acceptors (Lipinski definition) is 3. The van der Waals surface area contributed by atoms with Crippen molar-refractivity contribution in [2.75, 3.05) is 13.6 Å². The third-order valence-corrected chi connectivity index (χ3v) is 4.48. The molecule has 0 saturated carbocycles. The number of fused-ring (bicyclic) bond motifs is 1. The largest absolute Gasteiger partial charge is 0.454 e. The van der Waals surface area contributed by atoms with Crippen molar-refractivity contribution in [2.24, 2.45) is 5.92 Å². The Bertz CT molecular complexity index is 525. The summed E-state index contributed by atoms with van der Waals surface area (Å²) in [6.45, 7) is 6.70. The van der Waals surface area contributed by atoms with Crippen LogP contribution in [0.25, 0.3) is 0 Å². The summed E-state index contributed by atoms with van der Waals surface area (Å²) >= 11 is 0. The second-order valence-electron chi connectivity index (χ2n) is 5.86. The third kappa shape index (κ3) is 1.89. The molecule has 0 aliphatic carbocycles. The highest BCUT2D eigenvalue weighted by Gasteiger charge is 2.53. The van der Waals surface area contributed by atoms with Gasteiger partial charge in [-0.2, -0.15) is 0 Å². The van der Waals surface area contributed by atoms with Gasteiger partial charge in [-0.25, -0.2) is 4.79 Å². The predicted octanol–water partition coefficient (Wildman–Crippen LogP) is 2.55. The van der Waals surface area contributed by atoms with Gasteiger partial charge in [-0.1, -0.05) is 36.9 Å². The lowest BCUT2D eigenvalue weighted by Gasteiger charge is -2.44. The van der Waals surface area contributed by atoms with Crippen LogP contribution in [0.3, 0.4) is 0 Å². The van der Waals surface area contributed by atoms with Gasteiger partial charge < -0.3 is 4.74 Å². The fourth-order valence-electron chi connectivity index (χ4n) is 3.47. The van der Waals surface area contributed by atoms with Crippen LogP contribution in [0.2, 0.25) is 0 Å². The Labute approximate surface area is 113 Å². The molecule has 19 heavy (non-hydrogen) atoms. The second-order valence-corrected chi connectivity index (χ2v) is 5.86. The first-order chi connectivity index (χ1) is 9.01. The lowest BCUT2D eigenvalue weighted by Crippen LogP contribution is -2.50. The van der Waals surface area contributed by atoms with Gasteiger partial charge >= 0.3 is 5.97 Å². The molecule has 2 aliphatic heterocycles. The molecule has 0 spiro atoms. The molecule has 0 aromatic heterocycles. The SMILES string of the molecule is C=C1C(=O)O[C@]2(C)CN(C)[C@@H](c3ccccc3)C[C@@H]12. The van der Waals surface area contributed by atoms with Crippen LogP contribution in [0.4, 0.5) is 0 Å². The molecule has 3 nitrogen and oxygen atoms in total. The van der Waals surface area contributed by atoms with E-state index in [1.54, 1.807) is 0 Å². The highest BCUT2D eigenvalue weighted by Crippen LogP contribution is 2.47. The van der Waals surface area contributed by atoms with Gasteiger partial charge in [-0.3, -0.25) is 4.90 Å². The van der Waals surface area contributed by atoms with E-state index in [-0.39, 0.29) is 11.9 Å². The molecule has 0 N–H and O–H groups in total. The van der Waals surface area contributed by atoms with E-state index in [1.807, 2.05) is 13.0 Å². The summed E-state index contributed by atoms with van der Waals surface area (Å²) in [6, 6.07) is 10.8. The van der Waals surface area contributed by atoms with Crippen LogP contribution in [0.5, 0.6) is 0 Å². The van der Waals surface area contributed by atoms with Crippen molar-refractivity contribution < 1.29 is 9.53 Å². The molecule has 0 amide bonds. The van der Waals surface area contributed by atoms with Crippen LogP contribution in [0, 0.1) is 5.92 Å². The Hall–Kier alpha value is -1.61. The molecular formula is C16H19NO2. The molecule has 3 heteroatoms. The topological polar surface area (TPSA) is 29.5 Å². The number of hydrogen-bond donors (Lipinski definition) is 0. The molecule has 2 heterocycles. The fraction of sp³-hybridized carbons (Fsp3) is 0.438. The Kier molecular flexibility index (Phi) is 2.75. The zero-order valence-electron chi connectivity index (χ0n) is 11.4. The maximum atomic E-state index is 11.8. The number of carbonyl (C=O) groups is 1. The molecule has 2 fully saturated rings. The van der Waals surface area contributed by atoms with Crippen LogP contribution >= 0.6 is 0 Å². The zero-order valence-corrected chi connectivity index (χ0v) is 11.4. The van der Waals surface area contributed by atoms with E-state index < -0.39 is 5.60 Å². The minimum atomic E-state index is -0.409. The van der Waals surface area contributed by atoms with Gasteiger partial charge in [0.1, 0.15) is 5.60 Å². The highest BCUT2D eigenvalue weighted by atomic mass is 16.6. The van der Waals surface area contributed by atoms with Crippen molar-refractivity contribution in [2.45, 2.75) is 25.0 Å². The van der Waals surface area contributed by atoms with E-state index >= 15 is 0 Å². The van der Waals surface area contributed by atoms with Crippen molar-refractivity contribution >= 4 is 5.97 Å². The van der Waals surface area contributed by atoms with Crippen LogP contribution in [0.15, 0.2) is 42.5 Å². The number of likely N-dealkylation sites (N-methyl/N-ethyl adjacent to an activating group) is 1. The van der Waals surface area contributed by atoms with E-state index in [2.05, 4.69) is 42.8 Å². The summed E-state index contributed by atoms with van der Waals surface area (Å²) in [5, 5.41) is 0. The molecular weight excluding hydrogens is 238 g/mol. The average Bonchev–Trinajstić information content (AvgIpc) is 2.59. The maximum absolute atomic E-state index is 11.8. The van der Waals surface area contributed by atoms with E-state index in [0.717, 1.165) is 13.0 Å². The quantitative estimate of drug-likeness (QED) is 0.572. The summed E-state index contributed by atoms with van der Waals surface area (Å²) in [6.07, 6.45) is 0.890. The van der Waals surface area contributed by atoms with Crippen molar-refractivity contribution in [1.82, 2.24) is 4.90 Å². The van der Waals surface area contributed by atoms with Gasteiger partial charge in [0.15, 0.2) is 0 Å². The number of esters is 1. The van der Waals surface area contributed by atoms with Crippen molar-refractivity contribution in [3.05, 3.63) is 48.0 Å². The van der Waals surface area contributed by atoms with E-state index in [9.17, 15) is 4.79 Å². The zero-order chi connectivity index (χ0) is 13.6. The van der Waals surface area contributed by atoms with Crippen LogP contribution in [-0.4, -0.2) is 30.1 Å². The van der Waals surface area contributed by atoms with Crippen LogP contribution < -0.4 is 0 Å². The number of likely N-dealkylation sites (tertiary alicyclic amines) is 1. The van der Waals surface area contributed by atoms with Gasteiger partial charge in [-0.05, 0) is 26.0 Å². The number of ether oxygens (including phenoxy) is 1. The Morgan fingerprint density at radius 1 is 1.37 bits per heavy atom. The molecule has 3 rings (SSSR count). The molecule has 2 saturated heterocycles. The standard InChI is InChI=1S/C16H19NO2/c1-11-13-9-14(12-7-5-4-6-8-12)17(3)10-16(13,2)19-15(11)18/h4-8,13-14H,1,9-10H2,2-3H3/t13-,14+,16+/m0/s1. The smallest absolute Gasteiger partial charge is 0.334 e. The number of carbonyl (C=O) groups excluding carboxylic acids is 1. The Balaban J connectivity index is 1.92. The molecule has 2 aliphatic rings. The molecule has 1 aromatic rings. The number of nitrogens with zero attached hydrogens (tertiary/aromatic N) is 1. The highest BCUT2D eigenvalue weighted by molar-refractivity contribution is 5.91. The number of piperidine rings is 1. The van der Waals surface area contributed by atoms with Crippen LogP contribution in [0.1, 0.15) is 24.9 Å². The van der Waals surface area contributed by atoms with Gasteiger partial charge in [0, 0.05) is 24.1 Å². The first-order valence-electron chi connectivity index (χ1n) is 6.68. The third-order valence-electron chi connectivity index (χ3n) is 4.48. The van der Waals surface area contributed by atoms with Crippen molar-refractivity contribution in [1.29, 1.82) is 0 Å². The summed E-state index contributed by atoms with van der Waals surface area (Å²) in [7, 11) is 2.09. The van der Waals surface area contributed by atoms with Crippen molar-refractivity contribution in [3.63, 3.8) is 0 Å². The molecule has 0 radical (unpaired) electrons. The van der Waals surface area contributed by atoms with Gasteiger partial charge in [0.25, 0.3) is 0 Å². The summed E-state index contributed by atoms with van der Waals surface area (Å²) < 4.78 is 5.54. The second kappa shape index (κ2) is 4.20. The van der Waals surface area contributed by atoms with Crippen LogP contribution in [-0.2, 0) is 9.53 Å². The Morgan fingerprint density at radius 3 is 2.74 bits per heavy atom. The normalized spacial score (nSPS) is 35.1. The predicted molar refractivity (Wildman–Crippen MR) is 73.6 cm³/mol. The van der Waals surface area contributed by atoms with Gasteiger partial charge in [0.2, 0.25) is 0 Å². The monoisotopic (exact) mass is 257 g/mol. The lowest BCUT2D eigenvalue weighted by molar-refractivity contribution is -0.151. The number of benzene rings is 1. The average molecular weight is 257 g/mol. The van der Waals surface area contributed by atoms with E-state index in [0.29, 0.717) is 11.6 Å². The maximum Gasteiger partial charge on any atom is 0.334 e. The minimum Gasteiger partial charge on any atom is -0.454 e. The summed E-state index contributed by atoms with van der Waals surface area (Å²) in [4.78, 5) is 14.0. The van der Waals surface area contributed by atoms with Gasteiger partial charge in [0.05, 0.1) is 0 Å². The summed E-state index contributed by atoms with van der Waals surface area (Å²) in [5.41, 5.74) is 1.52. The minimum absolute atomic E-state index is 0.126. The molecule has 100 valence electrons. The Morgan fingerprint density at radius 2 is 2.05 bits per heavy atom. The molecule has 0 unspecified atom stereocenters. The first-order valence-corrected chi connectivity index (χ1v) is 6.68. The van der Waals surface area contributed by atoms with Gasteiger partial charge in [-0.15, -0.1) is 0 Å². The summed E-state index contributed by atoms with van der Waals surface area (Å²) in [5.74, 6) is -0.101. The van der Waals surface area contributed by atoms with Crippen molar-refractivity contribution in [3.8, 4) is 0 Å². The molecule has 1 aromatic carbocycles. The fourth-order valence-corrected chi connectivity index (χ4v) is 3.47. The lowest BCUT2D eigenvalue weighted by atomic mass is 9.76. The number of rotatable bonds is 1. The van der Waals surface area contributed by atoms with E-state index in [1.165, 1.54) is 5.56 Å². The molecule has 0 bridgehead atoms. The van der Waals surface area contributed by atoms with E-state index in [4.69, 9.17) is 4.74 Å².